The normalized spacial score (nSPS) is 15.4. The molecule has 0 aliphatic carbocycles. The van der Waals surface area contributed by atoms with Crippen LogP contribution in [-0.4, -0.2) is 35.5 Å². The first-order valence-corrected chi connectivity index (χ1v) is 10.6. The summed E-state index contributed by atoms with van der Waals surface area (Å²) in [6.45, 7) is 7.04. The second-order valence-electron chi connectivity index (χ2n) is 8.24. The van der Waals surface area contributed by atoms with E-state index in [0.29, 0.717) is 19.4 Å². The Bertz CT molecular complexity index is 995. The van der Waals surface area contributed by atoms with Crippen molar-refractivity contribution < 1.29 is 4.79 Å². The van der Waals surface area contributed by atoms with Crippen molar-refractivity contribution >= 4 is 41.8 Å². The van der Waals surface area contributed by atoms with E-state index in [-0.39, 0.29) is 30.7 Å². The van der Waals surface area contributed by atoms with Gasteiger partial charge >= 0.3 is 0 Å². The Kier molecular flexibility index (Phi) is 9.35. The van der Waals surface area contributed by atoms with Crippen molar-refractivity contribution in [3.8, 4) is 0 Å². The first-order valence-electron chi connectivity index (χ1n) is 10.6. The third kappa shape index (κ3) is 6.45. The molecule has 1 aromatic heterocycles. The summed E-state index contributed by atoms with van der Waals surface area (Å²) in [5.41, 5.74) is 6.96. The van der Waals surface area contributed by atoms with Gasteiger partial charge in [0.05, 0.1) is 17.5 Å². The third-order valence-electron chi connectivity index (χ3n) is 5.99. The van der Waals surface area contributed by atoms with Gasteiger partial charge in [0, 0.05) is 13.0 Å². The molecule has 1 atom stereocenters. The van der Waals surface area contributed by atoms with Crippen LogP contribution in [0.3, 0.4) is 0 Å². The van der Waals surface area contributed by atoms with Crippen molar-refractivity contribution in [3.63, 3.8) is 0 Å². The van der Waals surface area contributed by atoms with E-state index in [9.17, 15) is 4.79 Å². The summed E-state index contributed by atoms with van der Waals surface area (Å²) >= 11 is 0. The van der Waals surface area contributed by atoms with Crippen molar-refractivity contribution in [2.24, 2.45) is 5.92 Å². The molecule has 168 valence electrons. The number of rotatable bonds is 7. The van der Waals surface area contributed by atoms with Gasteiger partial charge in [0.2, 0.25) is 5.91 Å². The highest BCUT2D eigenvalue weighted by Crippen LogP contribution is 2.19. The van der Waals surface area contributed by atoms with Gasteiger partial charge in [-0.25, -0.2) is 4.98 Å². The van der Waals surface area contributed by atoms with E-state index in [2.05, 4.69) is 65.9 Å². The largest absolute Gasteiger partial charge is 0.355 e. The fraction of sp³-hybridized carbons (Fsp3) is 0.417. The van der Waals surface area contributed by atoms with Gasteiger partial charge in [0.1, 0.15) is 5.82 Å². The molecular weight excluding hydrogens is 431 g/mol. The summed E-state index contributed by atoms with van der Waals surface area (Å²) in [5.74, 6) is 1.72. The molecule has 2 heterocycles. The van der Waals surface area contributed by atoms with Crippen molar-refractivity contribution in [3.05, 3.63) is 64.5 Å². The topological polar surface area (TPSA) is 69.8 Å². The van der Waals surface area contributed by atoms with Crippen LogP contribution in [0.5, 0.6) is 0 Å². The summed E-state index contributed by atoms with van der Waals surface area (Å²) in [7, 11) is 0. The van der Waals surface area contributed by atoms with Gasteiger partial charge in [0.15, 0.2) is 0 Å². The number of H-pyrrole nitrogens is 1. The number of fused-ring (bicyclic) bond motifs is 1. The summed E-state index contributed by atoms with van der Waals surface area (Å²) in [6, 6.07) is 12.7. The lowest BCUT2D eigenvalue weighted by molar-refractivity contribution is -0.120. The SMILES string of the molecule is Cc1ccc2[nH]c(CCNC(=O)Cc3ccc(CC4CCNC4)cc3)nc2c1C.Cl.Cl. The molecule has 2 aromatic carbocycles. The lowest BCUT2D eigenvalue weighted by atomic mass is 9.97. The number of hydrogen-bond donors (Lipinski definition) is 3. The molecule has 5 nitrogen and oxygen atoms in total. The number of benzene rings is 2. The maximum absolute atomic E-state index is 12.3. The van der Waals surface area contributed by atoms with Gasteiger partial charge < -0.3 is 15.6 Å². The standard InChI is InChI=1S/C24H30N4O.2ClH/c1-16-3-8-21-24(17(16)2)28-22(27-21)10-12-26-23(29)14-19-6-4-18(5-7-19)13-20-9-11-25-15-20;;/h3-8,20,25H,9-15H2,1-2H3,(H,26,29)(H,27,28);2*1H. The van der Waals surface area contributed by atoms with Crippen LogP contribution in [0.15, 0.2) is 36.4 Å². The quantitative estimate of drug-likeness (QED) is 0.495. The van der Waals surface area contributed by atoms with Crippen LogP contribution in [0, 0.1) is 19.8 Å². The second kappa shape index (κ2) is 11.5. The van der Waals surface area contributed by atoms with E-state index in [1.807, 2.05) is 0 Å². The Morgan fingerprint density at radius 3 is 2.55 bits per heavy atom. The number of nitrogens with zero attached hydrogens (tertiary/aromatic N) is 1. The Hall–Kier alpha value is -2.08. The van der Waals surface area contributed by atoms with Crippen molar-refractivity contribution in [2.75, 3.05) is 19.6 Å². The molecule has 31 heavy (non-hydrogen) atoms. The number of carbonyl (C=O) groups is 1. The average molecular weight is 463 g/mol. The van der Waals surface area contributed by atoms with Crippen LogP contribution in [0.1, 0.15) is 34.5 Å². The Balaban J connectivity index is 0.00000171. The predicted octanol–water partition coefficient (Wildman–Crippen LogP) is 4.08. The zero-order valence-corrected chi connectivity index (χ0v) is 19.8. The number of nitrogens with one attached hydrogen (secondary N) is 3. The number of aryl methyl sites for hydroxylation is 2. The van der Waals surface area contributed by atoms with Crippen molar-refractivity contribution in [1.82, 2.24) is 20.6 Å². The maximum atomic E-state index is 12.3. The van der Waals surface area contributed by atoms with Crippen molar-refractivity contribution in [2.45, 2.75) is 39.5 Å². The van der Waals surface area contributed by atoms with E-state index < -0.39 is 0 Å². The minimum absolute atomic E-state index is 0. The smallest absolute Gasteiger partial charge is 0.224 e. The Morgan fingerprint density at radius 1 is 1.10 bits per heavy atom. The first-order chi connectivity index (χ1) is 14.1. The monoisotopic (exact) mass is 462 g/mol. The van der Waals surface area contributed by atoms with Crippen LogP contribution < -0.4 is 10.6 Å². The van der Waals surface area contributed by atoms with Gasteiger partial charge in [-0.1, -0.05) is 30.3 Å². The fourth-order valence-electron chi connectivity index (χ4n) is 4.07. The summed E-state index contributed by atoms with van der Waals surface area (Å²) < 4.78 is 0. The molecule has 4 rings (SSSR count). The van der Waals surface area contributed by atoms with E-state index in [4.69, 9.17) is 4.98 Å². The Morgan fingerprint density at radius 2 is 1.84 bits per heavy atom. The highest BCUT2D eigenvalue weighted by atomic mass is 35.5. The van der Waals surface area contributed by atoms with Gasteiger partial charge in [-0.3, -0.25) is 4.79 Å². The highest BCUT2D eigenvalue weighted by Gasteiger charge is 2.14. The van der Waals surface area contributed by atoms with Crippen molar-refractivity contribution in [1.29, 1.82) is 0 Å². The number of halogens is 2. The summed E-state index contributed by atoms with van der Waals surface area (Å²) in [5, 5.41) is 6.43. The molecule has 3 N–H and O–H groups in total. The van der Waals surface area contributed by atoms with Crippen LogP contribution in [0.25, 0.3) is 11.0 Å². The number of imidazole rings is 1. The minimum Gasteiger partial charge on any atom is -0.355 e. The first kappa shape index (κ1) is 25.2. The molecule has 1 fully saturated rings. The lowest BCUT2D eigenvalue weighted by Crippen LogP contribution is -2.27. The number of hydrogen-bond acceptors (Lipinski definition) is 3. The molecule has 1 amide bonds. The van der Waals surface area contributed by atoms with E-state index >= 15 is 0 Å². The number of carbonyl (C=O) groups excluding carboxylic acids is 1. The molecule has 7 heteroatoms. The number of aromatic amines is 1. The van der Waals surface area contributed by atoms with E-state index in [1.54, 1.807) is 0 Å². The molecule has 3 aromatic rings. The van der Waals surface area contributed by atoms with E-state index in [0.717, 1.165) is 47.8 Å². The average Bonchev–Trinajstić information content (AvgIpc) is 3.36. The van der Waals surface area contributed by atoms with Crippen LogP contribution in [0.4, 0.5) is 0 Å². The lowest BCUT2D eigenvalue weighted by Gasteiger charge is -2.09. The molecule has 1 aliphatic rings. The molecule has 0 saturated carbocycles. The second-order valence-corrected chi connectivity index (χ2v) is 8.24. The van der Waals surface area contributed by atoms with Gasteiger partial charge in [-0.05, 0) is 74.0 Å². The fourth-order valence-corrected chi connectivity index (χ4v) is 4.07. The zero-order chi connectivity index (χ0) is 20.2. The van der Waals surface area contributed by atoms with E-state index in [1.165, 1.54) is 23.1 Å². The highest BCUT2D eigenvalue weighted by molar-refractivity contribution is 5.85. The number of aromatic nitrogens is 2. The van der Waals surface area contributed by atoms with Gasteiger partial charge in [-0.15, -0.1) is 24.8 Å². The molecular formula is C24H32Cl2N4O. The van der Waals surface area contributed by atoms with Crippen LogP contribution in [-0.2, 0) is 24.1 Å². The molecule has 0 bridgehead atoms. The summed E-state index contributed by atoms with van der Waals surface area (Å²) in [4.78, 5) is 20.3. The minimum atomic E-state index is 0. The van der Waals surface area contributed by atoms with Gasteiger partial charge in [-0.2, -0.15) is 0 Å². The van der Waals surface area contributed by atoms with Gasteiger partial charge in [0.25, 0.3) is 0 Å². The third-order valence-corrected chi connectivity index (χ3v) is 5.99. The molecule has 1 unspecified atom stereocenters. The molecule has 0 radical (unpaired) electrons. The Labute approximate surface area is 196 Å². The zero-order valence-electron chi connectivity index (χ0n) is 18.2. The van der Waals surface area contributed by atoms with Crippen LogP contribution in [0.2, 0.25) is 0 Å². The number of amides is 1. The maximum Gasteiger partial charge on any atom is 0.224 e. The van der Waals surface area contributed by atoms with Crippen LogP contribution >= 0.6 is 24.8 Å². The summed E-state index contributed by atoms with van der Waals surface area (Å²) in [6.07, 6.45) is 3.50. The molecule has 1 aliphatic heterocycles. The molecule has 0 spiro atoms. The molecule has 1 saturated heterocycles. The predicted molar refractivity (Wildman–Crippen MR) is 132 cm³/mol.